The lowest BCUT2D eigenvalue weighted by molar-refractivity contribution is 0.0694. The lowest BCUT2D eigenvalue weighted by Crippen LogP contribution is -2.23. The maximum absolute atomic E-state index is 12.2. The average Bonchev–Trinajstić information content (AvgIpc) is 2.93. The first-order valence-electron chi connectivity index (χ1n) is 5.96. The highest BCUT2D eigenvalue weighted by atomic mass is 16.4. The third kappa shape index (κ3) is 1.70. The predicted octanol–water partition coefficient (Wildman–Crippen LogP) is 1.49. The average molecular weight is 269 g/mol. The third-order valence-electron chi connectivity index (χ3n) is 3.18. The number of hydrogen-bond donors (Lipinski definition) is 1. The van der Waals surface area contributed by atoms with Crippen molar-refractivity contribution < 1.29 is 9.90 Å². The fraction of sp³-hybridized carbons (Fsp3) is 0.0714. The van der Waals surface area contributed by atoms with E-state index in [4.69, 9.17) is 0 Å². The van der Waals surface area contributed by atoms with Gasteiger partial charge in [0.15, 0.2) is 0 Å². The Morgan fingerprint density at radius 3 is 2.80 bits per heavy atom. The summed E-state index contributed by atoms with van der Waals surface area (Å²) < 4.78 is 3.04. The summed E-state index contributed by atoms with van der Waals surface area (Å²) in [6.07, 6.45) is 6.44. The van der Waals surface area contributed by atoms with Crippen LogP contribution in [0.1, 0.15) is 15.9 Å². The molecule has 0 bridgehead atoms. The Bertz CT molecular complexity index is 863. The Labute approximate surface area is 113 Å². The molecule has 3 aromatic rings. The number of aromatic nitrogens is 3. The number of carboxylic acid groups (broad SMARTS) is 1. The molecule has 6 heteroatoms. The number of rotatable bonds is 2. The standard InChI is InChI=1S/C14H11N3O3/c1-9-3-2-5-17-12(9)11(16-6-4-15-8-16)7-10(13(17)18)14(19)20/h2-8H,1H3,(H,19,20). The van der Waals surface area contributed by atoms with Gasteiger partial charge in [-0.25, -0.2) is 9.78 Å². The molecule has 0 aliphatic heterocycles. The summed E-state index contributed by atoms with van der Waals surface area (Å²) in [6, 6.07) is 4.97. The maximum Gasteiger partial charge on any atom is 0.341 e. The molecule has 0 aliphatic carbocycles. The van der Waals surface area contributed by atoms with Crippen molar-refractivity contribution in [2.75, 3.05) is 0 Å². The van der Waals surface area contributed by atoms with E-state index in [1.165, 1.54) is 10.5 Å². The van der Waals surface area contributed by atoms with E-state index in [9.17, 15) is 14.7 Å². The Kier molecular flexibility index (Phi) is 2.64. The van der Waals surface area contributed by atoms with Crippen molar-refractivity contribution in [1.82, 2.24) is 14.0 Å². The van der Waals surface area contributed by atoms with E-state index in [1.807, 2.05) is 13.0 Å². The van der Waals surface area contributed by atoms with E-state index in [2.05, 4.69) is 4.98 Å². The number of carbonyl (C=O) groups is 1. The van der Waals surface area contributed by atoms with Gasteiger partial charge in [0.25, 0.3) is 5.56 Å². The van der Waals surface area contributed by atoms with Gasteiger partial charge in [0.1, 0.15) is 5.56 Å². The van der Waals surface area contributed by atoms with Crippen LogP contribution in [0, 0.1) is 6.92 Å². The molecule has 1 N–H and O–H groups in total. The molecular formula is C14H11N3O3. The van der Waals surface area contributed by atoms with Crippen molar-refractivity contribution in [1.29, 1.82) is 0 Å². The van der Waals surface area contributed by atoms with Gasteiger partial charge in [-0.3, -0.25) is 9.20 Å². The molecule has 0 saturated carbocycles. The minimum atomic E-state index is -1.24. The van der Waals surface area contributed by atoms with Gasteiger partial charge in [-0.05, 0) is 24.6 Å². The van der Waals surface area contributed by atoms with Crippen LogP contribution in [0.2, 0.25) is 0 Å². The first kappa shape index (κ1) is 12.2. The summed E-state index contributed by atoms with van der Waals surface area (Å²) in [5, 5.41) is 9.18. The molecule has 100 valence electrons. The van der Waals surface area contributed by atoms with Crippen molar-refractivity contribution in [3.8, 4) is 5.69 Å². The van der Waals surface area contributed by atoms with Gasteiger partial charge in [-0.1, -0.05) is 6.07 Å². The van der Waals surface area contributed by atoms with Crippen molar-refractivity contribution >= 4 is 11.5 Å². The second kappa shape index (κ2) is 4.34. The minimum absolute atomic E-state index is 0.267. The zero-order valence-corrected chi connectivity index (χ0v) is 10.6. The number of aryl methyl sites for hydroxylation is 1. The molecule has 3 rings (SSSR count). The highest BCUT2D eigenvalue weighted by molar-refractivity contribution is 5.89. The molecule has 0 atom stereocenters. The molecule has 3 heterocycles. The summed E-state index contributed by atoms with van der Waals surface area (Å²) in [6.45, 7) is 1.87. The smallest absolute Gasteiger partial charge is 0.341 e. The zero-order valence-electron chi connectivity index (χ0n) is 10.6. The Balaban J connectivity index is 2.53. The summed E-state index contributed by atoms with van der Waals surface area (Å²) in [7, 11) is 0. The van der Waals surface area contributed by atoms with Crippen molar-refractivity contribution in [3.63, 3.8) is 0 Å². The molecule has 0 radical (unpaired) electrons. The fourth-order valence-electron chi connectivity index (χ4n) is 2.26. The second-order valence-electron chi connectivity index (χ2n) is 4.43. The number of nitrogens with zero attached hydrogens (tertiary/aromatic N) is 3. The highest BCUT2D eigenvalue weighted by Gasteiger charge is 2.16. The van der Waals surface area contributed by atoms with Crippen LogP contribution >= 0.6 is 0 Å². The van der Waals surface area contributed by atoms with Crippen LogP contribution in [0.4, 0.5) is 0 Å². The van der Waals surface area contributed by atoms with Crippen LogP contribution in [0.25, 0.3) is 11.2 Å². The molecule has 20 heavy (non-hydrogen) atoms. The molecule has 0 spiro atoms. The highest BCUT2D eigenvalue weighted by Crippen LogP contribution is 2.19. The molecule has 6 nitrogen and oxygen atoms in total. The largest absolute Gasteiger partial charge is 0.477 e. The van der Waals surface area contributed by atoms with E-state index >= 15 is 0 Å². The Morgan fingerprint density at radius 1 is 1.35 bits per heavy atom. The summed E-state index contributed by atoms with van der Waals surface area (Å²) in [5.41, 5.74) is 1.35. The molecule has 0 saturated heterocycles. The monoisotopic (exact) mass is 269 g/mol. The van der Waals surface area contributed by atoms with Crippen molar-refractivity contribution in [2.24, 2.45) is 0 Å². The first-order chi connectivity index (χ1) is 9.59. The van der Waals surface area contributed by atoms with Gasteiger partial charge in [0.05, 0.1) is 17.5 Å². The summed E-state index contributed by atoms with van der Waals surface area (Å²) in [5.74, 6) is -1.24. The molecule has 0 aliphatic rings. The Morgan fingerprint density at radius 2 is 2.15 bits per heavy atom. The van der Waals surface area contributed by atoms with E-state index in [0.717, 1.165) is 5.56 Å². The van der Waals surface area contributed by atoms with E-state index < -0.39 is 11.5 Å². The van der Waals surface area contributed by atoms with Crippen LogP contribution in [0.15, 0.2) is 47.9 Å². The topological polar surface area (TPSA) is 76.6 Å². The van der Waals surface area contributed by atoms with Gasteiger partial charge in [0.2, 0.25) is 0 Å². The minimum Gasteiger partial charge on any atom is -0.477 e. The van der Waals surface area contributed by atoms with Crippen LogP contribution in [0.5, 0.6) is 0 Å². The van der Waals surface area contributed by atoms with Gasteiger partial charge >= 0.3 is 5.97 Å². The molecule has 0 unspecified atom stereocenters. The molecule has 0 amide bonds. The molecule has 0 fully saturated rings. The molecular weight excluding hydrogens is 258 g/mol. The molecule has 0 aromatic carbocycles. The van der Waals surface area contributed by atoms with Crippen LogP contribution in [-0.2, 0) is 0 Å². The van der Waals surface area contributed by atoms with E-state index in [0.29, 0.717) is 11.2 Å². The maximum atomic E-state index is 12.2. The van der Waals surface area contributed by atoms with Gasteiger partial charge in [-0.15, -0.1) is 0 Å². The van der Waals surface area contributed by atoms with E-state index in [1.54, 1.807) is 35.6 Å². The SMILES string of the molecule is Cc1cccn2c(=O)c(C(=O)O)cc(-n3ccnc3)c12. The number of pyridine rings is 2. The van der Waals surface area contributed by atoms with Crippen molar-refractivity contribution in [3.05, 3.63) is 64.6 Å². The van der Waals surface area contributed by atoms with Gasteiger partial charge < -0.3 is 9.67 Å². The normalized spacial score (nSPS) is 10.8. The number of aromatic carboxylic acids is 1. The third-order valence-corrected chi connectivity index (χ3v) is 3.18. The van der Waals surface area contributed by atoms with Crippen LogP contribution < -0.4 is 5.56 Å². The number of imidazole rings is 1. The Hall–Kier alpha value is -2.89. The van der Waals surface area contributed by atoms with Crippen LogP contribution in [0.3, 0.4) is 0 Å². The lowest BCUT2D eigenvalue weighted by atomic mass is 10.1. The quantitative estimate of drug-likeness (QED) is 0.764. The summed E-state index contributed by atoms with van der Waals surface area (Å²) >= 11 is 0. The first-order valence-corrected chi connectivity index (χ1v) is 5.96. The van der Waals surface area contributed by atoms with Gasteiger partial charge in [-0.2, -0.15) is 0 Å². The van der Waals surface area contributed by atoms with E-state index in [-0.39, 0.29) is 5.56 Å². The second-order valence-corrected chi connectivity index (χ2v) is 4.43. The predicted molar refractivity (Wildman–Crippen MR) is 72.5 cm³/mol. The lowest BCUT2D eigenvalue weighted by Gasteiger charge is -2.12. The number of fused-ring (bicyclic) bond motifs is 1. The van der Waals surface area contributed by atoms with Gasteiger partial charge in [0, 0.05) is 18.6 Å². The zero-order chi connectivity index (χ0) is 14.3. The number of carboxylic acids is 1. The van der Waals surface area contributed by atoms with Crippen LogP contribution in [-0.4, -0.2) is 25.0 Å². The summed E-state index contributed by atoms with van der Waals surface area (Å²) in [4.78, 5) is 27.4. The molecule has 3 aromatic heterocycles. The van der Waals surface area contributed by atoms with Crippen molar-refractivity contribution in [2.45, 2.75) is 6.92 Å². The number of hydrogen-bond acceptors (Lipinski definition) is 3. The fourth-order valence-corrected chi connectivity index (χ4v) is 2.26.